The van der Waals surface area contributed by atoms with E-state index in [9.17, 15) is 0 Å². The number of allylic oxidation sites excluding steroid dienone is 2. The molecule has 38 valence electrons. The number of hydrogen-bond donors (Lipinski definition) is 2. The molecule has 0 aromatic carbocycles. The lowest BCUT2D eigenvalue weighted by Gasteiger charge is -1.79. The summed E-state index contributed by atoms with van der Waals surface area (Å²) in [6.45, 7) is 3.32. The summed E-state index contributed by atoms with van der Waals surface area (Å²) in [7, 11) is -1.35. The molecule has 3 heteroatoms. The van der Waals surface area contributed by atoms with Gasteiger partial charge in [-0.25, -0.2) is 0 Å². The zero-order valence-electron chi connectivity index (χ0n) is 3.91. The van der Waals surface area contributed by atoms with Crippen molar-refractivity contribution in [3.8, 4) is 0 Å². The van der Waals surface area contributed by atoms with E-state index in [1.165, 1.54) is 18.1 Å². The Morgan fingerprint density at radius 2 is 2.00 bits per heavy atom. The first-order chi connectivity index (χ1) is 3.27. The average Bonchev–Trinajstić information content (AvgIpc) is 1.61. The summed E-state index contributed by atoms with van der Waals surface area (Å²) in [4.78, 5) is 0. The van der Waals surface area contributed by atoms with E-state index in [0.717, 1.165) is 0 Å². The van der Waals surface area contributed by atoms with Crippen LogP contribution in [-0.4, -0.2) is 17.2 Å². The van der Waals surface area contributed by atoms with Crippen molar-refractivity contribution >= 4 is 7.12 Å². The van der Waals surface area contributed by atoms with E-state index in [1.807, 2.05) is 0 Å². The third kappa shape index (κ3) is 5.46. The van der Waals surface area contributed by atoms with E-state index in [1.54, 1.807) is 0 Å². The summed E-state index contributed by atoms with van der Waals surface area (Å²) in [6.07, 6.45) is 2.93. The Morgan fingerprint density at radius 3 is 2.14 bits per heavy atom. The van der Waals surface area contributed by atoms with Gasteiger partial charge in [0.05, 0.1) is 0 Å². The molecule has 0 aromatic heterocycles. The minimum atomic E-state index is -1.35. The maximum absolute atomic E-state index is 8.10. The zero-order chi connectivity index (χ0) is 5.70. The van der Waals surface area contributed by atoms with Crippen LogP contribution in [-0.2, 0) is 0 Å². The lowest BCUT2D eigenvalue weighted by atomic mass is 9.92. The van der Waals surface area contributed by atoms with Crippen molar-refractivity contribution in [3.63, 3.8) is 0 Å². The van der Waals surface area contributed by atoms with Crippen LogP contribution in [0.15, 0.2) is 24.7 Å². The topological polar surface area (TPSA) is 40.5 Å². The van der Waals surface area contributed by atoms with Gasteiger partial charge >= 0.3 is 7.12 Å². The Hall–Kier alpha value is -0.535. The van der Waals surface area contributed by atoms with Gasteiger partial charge in [-0.2, -0.15) is 0 Å². The van der Waals surface area contributed by atoms with Crippen LogP contribution in [0.25, 0.3) is 0 Å². The van der Waals surface area contributed by atoms with Gasteiger partial charge in [-0.05, 0) is 0 Å². The number of hydrogen-bond acceptors (Lipinski definition) is 2. The first kappa shape index (κ1) is 6.46. The minimum Gasteiger partial charge on any atom is -0.424 e. The molecule has 0 saturated carbocycles. The fourth-order valence-corrected chi connectivity index (χ4v) is 0.178. The molecule has 0 aliphatic rings. The highest BCUT2D eigenvalue weighted by Crippen LogP contribution is 1.72. The molecular formula is C4H7BO2. The Morgan fingerprint density at radius 1 is 1.43 bits per heavy atom. The molecule has 0 aliphatic heterocycles. The molecule has 0 amide bonds. The average molecular weight is 97.9 g/mol. The highest BCUT2D eigenvalue weighted by atomic mass is 16.4. The van der Waals surface area contributed by atoms with E-state index in [4.69, 9.17) is 10.0 Å². The summed E-state index contributed by atoms with van der Waals surface area (Å²) in [5, 5.41) is 16.2. The van der Waals surface area contributed by atoms with Crippen molar-refractivity contribution in [1.29, 1.82) is 0 Å². The predicted molar refractivity (Wildman–Crippen MR) is 29.5 cm³/mol. The largest absolute Gasteiger partial charge is 0.480 e. The third-order valence-electron chi connectivity index (χ3n) is 0.419. The monoisotopic (exact) mass is 98.1 g/mol. The van der Waals surface area contributed by atoms with Gasteiger partial charge in [-0.3, -0.25) is 0 Å². The van der Waals surface area contributed by atoms with Gasteiger partial charge in [-0.15, -0.1) is 0 Å². The van der Waals surface area contributed by atoms with Crippen molar-refractivity contribution < 1.29 is 10.0 Å². The van der Waals surface area contributed by atoms with E-state index in [2.05, 4.69) is 6.58 Å². The van der Waals surface area contributed by atoms with E-state index in [0.29, 0.717) is 0 Å². The fourth-order valence-electron chi connectivity index (χ4n) is 0.178. The molecule has 0 heterocycles. The molecule has 0 spiro atoms. The van der Waals surface area contributed by atoms with Crippen LogP contribution in [0.2, 0.25) is 0 Å². The molecule has 2 N–H and O–H groups in total. The molecular weight excluding hydrogens is 90.9 g/mol. The molecule has 0 radical (unpaired) electrons. The Labute approximate surface area is 42.9 Å². The maximum atomic E-state index is 8.10. The van der Waals surface area contributed by atoms with Crippen LogP contribution in [0.3, 0.4) is 0 Å². The Kier molecular flexibility index (Phi) is 3.37. The van der Waals surface area contributed by atoms with Gasteiger partial charge in [0.25, 0.3) is 0 Å². The van der Waals surface area contributed by atoms with Crippen molar-refractivity contribution in [2.45, 2.75) is 0 Å². The molecule has 0 aliphatic carbocycles. The van der Waals surface area contributed by atoms with Crippen molar-refractivity contribution in [2.75, 3.05) is 0 Å². The Bertz CT molecular complexity index is 77.8. The zero-order valence-corrected chi connectivity index (χ0v) is 3.91. The third-order valence-corrected chi connectivity index (χ3v) is 0.419. The second-order valence-electron chi connectivity index (χ2n) is 1.03. The van der Waals surface area contributed by atoms with Gasteiger partial charge < -0.3 is 10.0 Å². The van der Waals surface area contributed by atoms with Crippen molar-refractivity contribution in [3.05, 3.63) is 24.7 Å². The molecule has 0 fully saturated rings. The molecule has 0 aromatic rings. The van der Waals surface area contributed by atoms with Crippen LogP contribution in [0.1, 0.15) is 0 Å². The summed E-state index contributed by atoms with van der Waals surface area (Å²) in [5.74, 6) is 1.22. The first-order valence-electron chi connectivity index (χ1n) is 1.92. The molecule has 7 heavy (non-hydrogen) atoms. The first-order valence-corrected chi connectivity index (χ1v) is 1.92. The molecule has 0 unspecified atom stereocenters. The van der Waals surface area contributed by atoms with Gasteiger partial charge in [-0.1, -0.05) is 24.7 Å². The molecule has 2 nitrogen and oxygen atoms in total. The second-order valence-corrected chi connectivity index (χ2v) is 1.03. The van der Waals surface area contributed by atoms with Crippen molar-refractivity contribution in [1.82, 2.24) is 0 Å². The molecule has 0 saturated heterocycles. The molecule has 0 rings (SSSR count). The number of rotatable bonds is 2. The normalized spacial score (nSPS) is 9.43. The van der Waals surface area contributed by atoms with Gasteiger partial charge in [0.2, 0.25) is 0 Å². The van der Waals surface area contributed by atoms with Crippen LogP contribution < -0.4 is 0 Å². The lowest BCUT2D eigenvalue weighted by molar-refractivity contribution is 0.424. The smallest absolute Gasteiger partial charge is 0.424 e. The lowest BCUT2D eigenvalue weighted by Crippen LogP contribution is -2.04. The minimum absolute atomic E-state index is 1.22. The highest BCUT2D eigenvalue weighted by Gasteiger charge is 1.94. The summed E-state index contributed by atoms with van der Waals surface area (Å²) < 4.78 is 0. The summed E-state index contributed by atoms with van der Waals surface area (Å²) >= 11 is 0. The molecule has 0 atom stereocenters. The van der Waals surface area contributed by atoms with Gasteiger partial charge in [0.15, 0.2) is 0 Å². The summed E-state index contributed by atoms with van der Waals surface area (Å²) in [5.41, 5.74) is 0. The standard InChI is InChI=1S/C4H7BO2/c1-2-3-4-5(6)7/h2-4,6-7H,1H2. The SMILES string of the molecule is C=CC=CB(O)O. The maximum Gasteiger partial charge on any atom is 0.480 e. The van der Waals surface area contributed by atoms with E-state index < -0.39 is 7.12 Å². The quantitative estimate of drug-likeness (QED) is 0.369. The predicted octanol–water partition coefficient (Wildman–Crippen LogP) is -0.259. The van der Waals surface area contributed by atoms with E-state index >= 15 is 0 Å². The second kappa shape index (κ2) is 3.65. The van der Waals surface area contributed by atoms with Gasteiger partial charge in [0.1, 0.15) is 0 Å². The molecule has 0 bridgehead atoms. The van der Waals surface area contributed by atoms with Crippen LogP contribution in [0, 0.1) is 0 Å². The van der Waals surface area contributed by atoms with Crippen LogP contribution in [0.5, 0.6) is 0 Å². The Balaban J connectivity index is 3.25. The van der Waals surface area contributed by atoms with Gasteiger partial charge in [0, 0.05) is 0 Å². The fraction of sp³-hybridized carbons (Fsp3) is 0. The van der Waals surface area contributed by atoms with Crippen LogP contribution >= 0.6 is 0 Å². The van der Waals surface area contributed by atoms with Crippen LogP contribution in [0.4, 0.5) is 0 Å². The van der Waals surface area contributed by atoms with Crippen molar-refractivity contribution in [2.24, 2.45) is 0 Å². The van der Waals surface area contributed by atoms with E-state index in [-0.39, 0.29) is 0 Å². The summed E-state index contributed by atoms with van der Waals surface area (Å²) in [6, 6.07) is 0. The highest BCUT2D eigenvalue weighted by molar-refractivity contribution is 6.47.